The van der Waals surface area contributed by atoms with Gasteiger partial charge in [-0.1, -0.05) is 78.6 Å². The smallest absolute Gasteiger partial charge is 0.415 e. The van der Waals surface area contributed by atoms with Crippen molar-refractivity contribution in [3.63, 3.8) is 0 Å². The number of nitro benzene ring substituents is 1. The number of amides is 3. The molecule has 0 spiro atoms. The van der Waals surface area contributed by atoms with Crippen LogP contribution in [-0.2, 0) is 82.1 Å². The highest BCUT2D eigenvalue weighted by molar-refractivity contribution is 14.2. The molecular weight excluding hydrogens is 1790 g/mol. The predicted molar refractivity (Wildman–Crippen MR) is 462 cm³/mol. The third-order valence-electron chi connectivity index (χ3n) is 18.1. The Morgan fingerprint density at radius 3 is 1.13 bits per heavy atom. The predicted octanol–water partition coefficient (Wildman–Crippen LogP) is 13.5. The first kappa shape index (κ1) is 99.4. The van der Waals surface area contributed by atoms with Crippen molar-refractivity contribution in [3.8, 4) is 0 Å². The van der Waals surface area contributed by atoms with Gasteiger partial charge in [-0.05, 0) is 175 Å². The molecule has 6 N–H and O–H groups in total. The molecule has 3 unspecified atom stereocenters. The number of nitrogens with two attached hydrogens (primary N) is 1. The highest BCUT2D eigenvalue weighted by Crippen LogP contribution is 2.33. The minimum absolute atomic E-state index is 0. The number of carbonyl (C=O) groups excluding carboxylic acids is 5. The van der Waals surface area contributed by atoms with E-state index in [2.05, 4.69) is 134 Å². The van der Waals surface area contributed by atoms with Crippen molar-refractivity contribution in [2.75, 3.05) is 92.0 Å². The maximum atomic E-state index is 12.3. The molecule has 0 radical (unpaired) electrons. The van der Waals surface area contributed by atoms with Gasteiger partial charge in [0.25, 0.3) is 5.69 Å². The number of halogens is 2. The molecule has 9 heterocycles. The summed E-state index contributed by atoms with van der Waals surface area (Å²) in [6, 6.07) is 25.6. The molecule has 668 valence electrons. The molecule has 12 rings (SSSR count). The van der Waals surface area contributed by atoms with E-state index in [-0.39, 0.29) is 72.9 Å². The number of nitro groups is 1. The number of hydrogen-bond acceptors (Lipinski definition) is 41. The maximum Gasteiger partial charge on any atom is 0.415 e. The van der Waals surface area contributed by atoms with Crippen molar-refractivity contribution in [1.82, 2.24) is 59.8 Å². The molecule has 3 fully saturated rings. The van der Waals surface area contributed by atoms with Crippen molar-refractivity contribution in [2.45, 2.75) is 112 Å². The fourth-order valence-corrected chi connectivity index (χ4v) is 11.6. The van der Waals surface area contributed by atoms with Crippen LogP contribution >= 0.6 is 32.8 Å². The standard InChI is InChI=1S/C27H31N7O3.C23H26N8O4.C23H28N8O2.C3H3ClO.CH4.HIO12S/c1-6-22(35)13-19-7-9-20(10-8-19)33(5)21-14-29-25(30-15-21)18(4)31-26-28-12-11-24(32-26)34-23(17(2)3)16-37-27(34)36;1-14(2)19-13-35-23(32)30(19)20-9-10-24-22(28-20)27-15(3)21-25-11-18(12-26-21)29(4)16-5-7-17(8-6-16)31(33)34;1-14(2)19-13-33-23(32)31(19)20-9-10-25-22(29-20)28-15(3)21-26-11-18(12-27-21)30(4)17-7-5-16(24)6-8-17;1-2-3(4)5;;1-14(3,4)13-12-11-10-9-8-7-6-5-2/h6-12,14-15,17-18,23H,1,13,16H2,2-5H3,(H,28,31,32);5-12,14-15,19H,13H2,1-4H3,(H,24,27,28);5-12,14-15,19H,13,24H2,1-4H3,(H,25,28,29);2H,1H2;1H4;2H/t18?,23-;2*15?,19-;;;/m111.../s1. The molecule has 45 nitrogen and oxygen atoms in total. The third-order valence-corrected chi connectivity index (χ3v) is 19.0. The molecule has 9 aromatic rings. The molecule has 0 bridgehead atoms. The van der Waals surface area contributed by atoms with Gasteiger partial charge >= 0.3 is 25.6 Å². The number of cyclic esters (lactones) is 3. The summed E-state index contributed by atoms with van der Waals surface area (Å²) >= 11 is 5.59. The van der Waals surface area contributed by atoms with E-state index in [1.54, 1.807) is 101 Å². The Bertz CT molecular complexity index is 5140. The van der Waals surface area contributed by atoms with E-state index in [4.69, 9.17) is 36.8 Å². The van der Waals surface area contributed by atoms with Crippen LogP contribution in [0.3, 0.4) is 0 Å². The highest BCUT2D eigenvalue weighted by Gasteiger charge is 2.40. The SMILES string of the molecule is C.C=CC(=O)Cc1ccc(N(C)c2cnc(C(C)Nc3nccc(N4C(=O)OC[C@@H]4C(C)C)n3)nc2)cc1.C=CC(=O)Cl.CC(Nc1nccc(N2C(=O)OC[C@@H]2C(C)C)n1)c1ncc(N(C)c2ccc(N)cc2)cn1.CC(Nc1nccc(N2C(=O)OC[C@@H]2C(C)C)n1)c1ncc(N(C)c2ccc([N+](=O)[O-])cc2)cn1.O=S(=O)(I)OOOOOOOOOO. The Kier molecular flexibility index (Phi) is 38.5. The van der Waals surface area contributed by atoms with Gasteiger partial charge in [0.1, 0.15) is 76.0 Å². The molecule has 0 aliphatic carbocycles. The van der Waals surface area contributed by atoms with E-state index in [9.17, 15) is 42.5 Å². The molecule has 3 aromatic carbocycles. The van der Waals surface area contributed by atoms with Gasteiger partial charge in [-0.3, -0.25) is 34.4 Å². The normalized spacial score (nSPS) is 15.2. The van der Waals surface area contributed by atoms with Gasteiger partial charge in [-0.2, -0.15) is 23.4 Å². The average Bonchev–Trinajstić information content (AvgIpc) is 1.68. The zero-order valence-electron chi connectivity index (χ0n) is 68.7. The number of nitrogens with one attached hydrogen (secondary N) is 3. The fourth-order valence-electron chi connectivity index (χ4n) is 11.4. The number of ether oxygens (including phenoxy) is 3. The van der Waals surface area contributed by atoms with Gasteiger partial charge in [-0.15, -0.1) is 0 Å². The van der Waals surface area contributed by atoms with Gasteiger partial charge in [0.05, 0.1) is 95.4 Å². The lowest BCUT2D eigenvalue weighted by molar-refractivity contribution is -0.840. The molecule has 6 atom stereocenters. The molecule has 0 saturated carbocycles. The van der Waals surface area contributed by atoms with Crippen molar-refractivity contribution in [1.29, 1.82) is 0 Å². The fraction of sp³-hybridized carbons (Fsp3) is 0.338. The second kappa shape index (κ2) is 48.4. The quantitative estimate of drug-likeness (QED) is 0.00283. The Balaban J connectivity index is 0.000000232. The molecule has 3 saturated heterocycles. The summed E-state index contributed by atoms with van der Waals surface area (Å²) in [5.74, 6) is 4.91. The summed E-state index contributed by atoms with van der Waals surface area (Å²) in [7, 11) is 1.81. The van der Waals surface area contributed by atoms with Crippen LogP contribution in [0.1, 0.15) is 111 Å². The zero-order chi connectivity index (χ0) is 90.3. The summed E-state index contributed by atoms with van der Waals surface area (Å²) < 4.78 is 39.5. The maximum absolute atomic E-state index is 12.3. The van der Waals surface area contributed by atoms with E-state index in [1.807, 2.05) is 147 Å². The molecule has 3 aliphatic rings. The van der Waals surface area contributed by atoms with Crippen molar-refractivity contribution in [3.05, 3.63) is 205 Å². The van der Waals surface area contributed by atoms with Crippen LogP contribution < -0.4 is 51.1 Å². The van der Waals surface area contributed by atoms with Gasteiger partial charge in [0.2, 0.25) is 23.1 Å². The molecule has 6 aromatic heterocycles. The van der Waals surface area contributed by atoms with Gasteiger partial charge in [-0.25, -0.2) is 64.5 Å². The molecule has 3 aliphatic heterocycles. The molecule has 3 amide bonds. The van der Waals surface area contributed by atoms with E-state index >= 15 is 0 Å². The number of non-ortho nitro benzene ring substituents is 1. The zero-order valence-corrected chi connectivity index (χ0v) is 72.4. The summed E-state index contributed by atoms with van der Waals surface area (Å²) in [6.45, 7) is 25.6. The van der Waals surface area contributed by atoms with Gasteiger partial charge in [0, 0.05) is 81.0 Å². The first-order valence-corrected chi connectivity index (χ1v) is 41.6. The van der Waals surface area contributed by atoms with E-state index < -0.39 is 35.7 Å². The number of anilines is 13. The van der Waals surface area contributed by atoms with Crippen LogP contribution in [-0.4, -0.2) is 167 Å². The molecule has 48 heteroatoms. The molecular formula is C77H93ClIN23O22S. The number of hydrogen-bond donors (Lipinski definition) is 5. The lowest BCUT2D eigenvalue weighted by Gasteiger charge is -2.23. The number of rotatable bonds is 35. The van der Waals surface area contributed by atoms with Crippen LogP contribution in [0.25, 0.3) is 0 Å². The lowest BCUT2D eigenvalue weighted by atomic mass is 10.0. The van der Waals surface area contributed by atoms with Crippen molar-refractivity contribution < 1.29 is 101 Å². The Morgan fingerprint density at radius 2 is 0.840 bits per heavy atom. The summed E-state index contributed by atoms with van der Waals surface area (Å²) in [4.78, 5) is 132. The minimum Gasteiger partial charge on any atom is -0.447 e. The topological polar surface area (TPSA) is 530 Å². The first-order valence-electron chi connectivity index (χ1n) is 37.3. The van der Waals surface area contributed by atoms with Gasteiger partial charge < -0.3 is 50.6 Å². The molecule has 125 heavy (non-hydrogen) atoms. The number of benzene rings is 3. The number of carbonyl (C=O) groups is 5. The van der Waals surface area contributed by atoms with Crippen LogP contribution in [0.5, 0.6) is 0 Å². The highest BCUT2D eigenvalue weighted by atomic mass is 127. The van der Waals surface area contributed by atoms with Crippen molar-refractivity contribution >= 4 is 150 Å². The number of ketones is 1. The van der Waals surface area contributed by atoms with Crippen LogP contribution in [0, 0.1) is 27.9 Å². The van der Waals surface area contributed by atoms with Crippen molar-refractivity contribution in [2.24, 2.45) is 17.8 Å². The van der Waals surface area contributed by atoms with E-state index in [0.717, 1.165) is 67.0 Å². The monoisotopic (exact) mass is 1890 g/mol. The number of aromatic nitrogens is 12. The minimum atomic E-state index is -3.89. The average molecular weight is 1890 g/mol. The Hall–Kier alpha value is -12.7. The van der Waals surface area contributed by atoms with E-state index in [0.29, 0.717) is 84.7 Å². The second-order valence-corrected chi connectivity index (χ2v) is 32.1. The van der Waals surface area contributed by atoms with Crippen LogP contribution in [0.4, 0.5) is 95.2 Å². The third kappa shape index (κ3) is 29.8. The number of nitrogen functional groups attached to an aromatic ring is 1. The van der Waals surface area contributed by atoms with E-state index in [1.165, 1.54) is 18.2 Å². The lowest BCUT2D eigenvalue weighted by Crippen LogP contribution is -2.37. The number of allylic oxidation sites excluding steroid dienone is 2. The summed E-state index contributed by atoms with van der Waals surface area (Å²) in [5, 5.41) is 53.7. The Labute approximate surface area is 734 Å². The first-order chi connectivity index (χ1) is 59.2. The Morgan fingerprint density at radius 1 is 0.536 bits per heavy atom. The second-order valence-electron chi connectivity index (χ2n) is 27.6. The summed E-state index contributed by atoms with van der Waals surface area (Å²) in [6.07, 6.45) is 16.7. The largest absolute Gasteiger partial charge is 0.447 e. The summed E-state index contributed by atoms with van der Waals surface area (Å²) in [5.41, 5.74) is 12.5. The van der Waals surface area contributed by atoms with Crippen LogP contribution in [0.15, 0.2) is 172 Å². The van der Waals surface area contributed by atoms with Gasteiger partial charge in [0.15, 0.2) is 5.78 Å². The van der Waals surface area contributed by atoms with Crippen LogP contribution in [0.2, 0.25) is 0 Å². The number of nitrogens with zero attached hydrogens (tertiary/aromatic N) is 19.